The lowest BCUT2D eigenvalue weighted by atomic mass is 10.1. The molecule has 1 N–H and O–H groups in total. The van der Waals surface area contributed by atoms with Gasteiger partial charge in [-0.15, -0.1) is 0 Å². The monoisotopic (exact) mass is 261 g/mol. The molecule has 0 aliphatic rings. The van der Waals surface area contributed by atoms with Crippen LogP contribution in [0.25, 0.3) is 11.3 Å². The second-order valence-electron chi connectivity index (χ2n) is 4.06. The summed E-state index contributed by atoms with van der Waals surface area (Å²) in [5, 5.41) is 3.04. The molecule has 0 saturated carbocycles. The van der Waals surface area contributed by atoms with E-state index in [-0.39, 0.29) is 5.75 Å². The zero-order valence-corrected chi connectivity index (χ0v) is 11.0. The van der Waals surface area contributed by atoms with Crippen molar-refractivity contribution < 1.29 is 9.13 Å². The summed E-state index contributed by atoms with van der Waals surface area (Å²) in [6.45, 7) is 0.806. The Kier molecular flexibility index (Phi) is 4.41. The molecular formula is C14H16FN3O. The first-order valence-corrected chi connectivity index (χ1v) is 6.05. The molecule has 2 rings (SSSR count). The van der Waals surface area contributed by atoms with Crippen molar-refractivity contribution in [2.75, 3.05) is 20.7 Å². The summed E-state index contributed by atoms with van der Waals surface area (Å²) >= 11 is 0. The van der Waals surface area contributed by atoms with E-state index in [1.807, 2.05) is 7.05 Å². The highest BCUT2D eigenvalue weighted by molar-refractivity contribution is 5.60. The van der Waals surface area contributed by atoms with Crippen molar-refractivity contribution in [2.24, 2.45) is 0 Å². The van der Waals surface area contributed by atoms with E-state index in [0.29, 0.717) is 11.3 Å². The van der Waals surface area contributed by atoms with Gasteiger partial charge in [0, 0.05) is 24.7 Å². The molecule has 2 aromatic rings. The number of methoxy groups -OCH3 is 1. The zero-order valence-electron chi connectivity index (χ0n) is 11.0. The van der Waals surface area contributed by atoms with E-state index in [1.54, 1.807) is 24.4 Å². The van der Waals surface area contributed by atoms with Crippen molar-refractivity contribution in [1.29, 1.82) is 0 Å². The molecule has 0 radical (unpaired) electrons. The lowest BCUT2D eigenvalue weighted by molar-refractivity contribution is 0.386. The lowest BCUT2D eigenvalue weighted by Gasteiger charge is -2.06. The molecule has 0 aliphatic carbocycles. The van der Waals surface area contributed by atoms with Crippen LogP contribution in [0.1, 0.15) is 5.82 Å². The molecule has 1 aromatic carbocycles. The zero-order chi connectivity index (χ0) is 13.7. The van der Waals surface area contributed by atoms with Gasteiger partial charge in [0.1, 0.15) is 5.82 Å². The highest BCUT2D eigenvalue weighted by Gasteiger charge is 2.07. The fourth-order valence-electron chi connectivity index (χ4n) is 1.74. The third-order valence-electron chi connectivity index (χ3n) is 2.75. The van der Waals surface area contributed by atoms with Crippen LogP contribution in [0.2, 0.25) is 0 Å². The predicted molar refractivity (Wildman–Crippen MR) is 71.6 cm³/mol. The third-order valence-corrected chi connectivity index (χ3v) is 2.75. The van der Waals surface area contributed by atoms with E-state index in [9.17, 15) is 4.39 Å². The average Bonchev–Trinajstić information content (AvgIpc) is 2.45. The molecule has 0 aliphatic heterocycles. The maximum atomic E-state index is 13.7. The molecule has 0 atom stereocenters. The summed E-state index contributed by atoms with van der Waals surface area (Å²) in [5.41, 5.74) is 1.43. The van der Waals surface area contributed by atoms with Crippen molar-refractivity contribution in [3.8, 4) is 17.0 Å². The molecule has 0 unspecified atom stereocenters. The number of nitrogens with one attached hydrogen (secondary N) is 1. The second kappa shape index (κ2) is 6.24. The molecule has 100 valence electrons. The van der Waals surface area contributed by atoms with Gasteiger partial charge in [-0.1, -0.05) is 0 Å². The summed E-state index contributed by atoms with van der Waals surface area (Å²) in [6, 6.07) is 6.57. The average molecular weight is 261 g/mol. The van der Waals surface area contributed by atoms with Gasteiger partial charge in [0.05, 0.1) is 12.8 Å². The lowest BCUT2D eigenvalue weighted by Crippen LogP contribution is -2.12. The molecule has 5 heteroatoms. The highest BCUT2D eigenvalue weighted by Crippen LogP contribution is 2.23. The maximum absolute atomic E-state index is 13.7. The van der Waals surface area contributed by atoms with Crippen LogP contribution >= 0.6 is 0 Å². The van der Waals surface area contributed by atoms with Crippen LogP contribution in [0.4, 0.5) is 4.39 Å². The Morgan fingerprint density at radius 1 is 1.32 bits per heavy atom. The van der Waals surface area contributed by atoms with Gasteiger partial charge >= 0.3 is 0 Å². The Morgan fingerprint density at radius 3 is 2.84 bits per heavy atom. The first-order valence-electron chi connectivity index (χ1n) is 6.05. The largest absolute Gasteiger partial charge is 0.494 e. The van der Waals surface area contributed by atoms with Gasteiger partial charge in [-0.2, -0.15) is 0 Å². The Bertz CT molecular complexity index is 560. The van der Waals surface area contributed by atoms with Crippen molar-refractivity contribution in [1.82, 2.24) is 15.3 Å². The van der Waals surface area contributed by atoms with Crippen LogP contribution in [0.3, 0.4) is 0 Å². The standard InChI is InChI=1S/C14H16FN3O/c1-16-7-6-14-17-8-5-12(18-14)10-3-4-13(19-2)11(15)9-10/h3-5,8-9,16H,6-7H2,1-2H3. The number of benzene rings is 1. The summed E-state index contributed by atoms with van der Waals surface area (Å²) in [6.07, 6.45) is 2.43. The molecular weight excluding hydrogens is 245 g/mol. The number of aromatic nitrogens is 2. The van der Waals surface area contributed by atoms with Gasteiger partial charge in [-0.05, 0) is 31.3 Å². The van der Waals surface area contributed by atoms with E-state index in [4.69, 9.17) is 4.74 Å². The summed E-state index contributed by atoms with van der Waals surface area (Å²) < 4.78 is 18.6. The molecule has 0 amide bonds. The Balaban J connectivity index is 2.28. The van der Waals surface area contributed by atoms with Crippen molar-refractivity contribution in [3.05, 3.63) is 42.1 Å². The molecule has 19 heavy (non-hydrogen) atoms. The number of likely N-dealkylation sites (N-methyl/N-ethyl adjacent to an activating group) is 1. The van der Waals surface area contributed by atoms with Crippen LogP contribution < -0.4 is 10.1 Å². The minimum atomic E-state index is -0.393. The Labute approximate surface area is 111 Å². The number of rotatable bonds is 5. The number of halogens is 1. The first kappa shape index (κ1) is 13.4. The van der Waals surface area contributed by atoms with E-state index in [0.717, 1.165) is 18.8 Å². The Morgan fingerprint density at radius 2 is 2.16 bits per heavy atom. The van der Waals surface area contributed by atoms with Gasteiger partial charge in [0.25, 0.3) is 0 Å². The number of ether oxygens (including phenoxy) is 1. The van der Waals surface area contributed by atoms with E-state index in [2.05, 4.69) is 15.3 Å². The fraction of sp³-hybridized carbons (Fsp3) is 0.286. The summed E-state index contributed by atoms with van der Waals surface area (Å²) in [5.74, 6) is 0.576. The van der Waals surface area contributed by atoms with E-state index in [1.165, 1.54) is 13.2 Å². The van der Waals surface area contributed by atoms with Gasteiger partial charge in [-0.3, -0.25) is 0 Å². The number of hydrogen-bond acceptors (Lipinski definition) is 4. The quantitative estimate of drug-likeness (QED) is 0.895. The van der Waals surface area contributed by atoms with Gasteiger partial charge in [-0.25, -0.2) is 14.4 Å². The fourth-order valence-corrected chi connectivity index (χ4v) is 1.74. The molecule has 0 bridgehead atoms. The normalized spacial score (nSPS) is 10.5. The highest BCUT2D eigenvalue weighted by atomic mass is 19.1. The third kappa shape index (κ3) is 3.26. The molecule has 1 heterocycles. The van der Waals surface area contributed by atoms with Crippen molar-refractivity contribution >= 4 is 0 Å². The number of nitrogens with zero attached hydrogens (tertiary/aromatic N) is 2. The smallest absolute Gasteiger partial charge is 0.165 e. The Hall–Kier alpha value is -2.01. The van der Waals surface area contributed by atoms with Gasteiger partial charge in [0.15, 0.2) is 11.6 Å². The van der Waals surface area contributed by atoms with Crippen molar-refractivity contribution in [3.63, 3.8) is 0 Å². The summed E-state index contributed by atoms with van der Waals surface area (Å²) in [7, 11) is 3.32. The number of hydrogen-bond donors (Lipinski definition) is 1. The van der Waals surface area contributed by atoms with Crippen LogP contribution in [0, 0.1) is 5.82 Å². The minimum absolute atomic E-state index is 0.230. The van der Waals surface area contributed by atoms with Gasteiger partial charge in [0.2, 0.25) is 0 Å². The molecule has 0 spiro atoms. The molecule has 4 nitrogen and oxygen atoms in total. The predicted octanol–water partition coefficient (Wildman–Crippen LogP) is 2.05. The topological polar surface area (TPSA) is 47.0 Å². The second-order valence-corrected chi connectivity index (χ2v) is 4.06. The SMILES string of the molecule is CNCCc1nccc(-c2ccc(OC)c(F)c2)n1. The van der Waals surface area contributed by atoms with E-state index >= 15 is 0 Å². The van der Waals surface area contributed by atoms with Gasteiger partial charge < -0.3 is 10.1 Å². The minimum Gasteiger partial charge on any atom is -0.494 e. The van der Waals surface area contributed by atoms with Crippen LogP contribution in [-0.2, 0) is 6.42 Å². The van der Waals surface area contributed by atoms with Crippen LogP contribution in [0.15, 0.2) is 30.5 Å². The first-order chi connectivity index (χ1) is 9.24. The summed E-state index contributed by atoms with van der Waals surface area (Å²) in [4.78, 5) is 8.61. The molecule has 0 saturated heterocycles. The molecule has 0 fully saturated rings. The van der Waals surface area contributed by atoms with E-state index < -0.39 is 5.82 Å². The maximum Gasteiger partial charge on any atom is 0.165 e. The van der Waals surface area contributed by atoms with Crippen molar-refractivity contribution in [2.45, 2.75) is 6.42 Å². The van der Waals surface area contributed by atoms with Crippen LogP contribution in [-0.4, -0.2) is 30.7 Å². The molecule has 1 aromatic heterocycles. The van der Waals surface area contributed by atoms with Crippen LogP contribution in [0.5, 0.6) is 5.75 Å².